The van der Waals surface area contributed by atoms with Crippen LogP contribution in [0.1, 0.15) is 6.42 Å². The molecule has 1 aromatic carbocycles. The van der Waals surface area contributed by atoms with Gasteiger partial charge in [-0.3, -0.25) is 14.5 Å². The number of hydrogen-bond acceptors (Lipinski definition) is 3. The molecule has 0 radical (unpaired) electrons. The van der Waals surface area contributed by atoms with Crippen molar-refractivity contribution in [1.82, 2.24) is 5.32 Å². The lowest BCUT2D eigenvalue weighted by Gasteiger charge is -2.27. The Morgan fingerprint density at radius 2 is 1.88 bits per heavy atom. The first-order valence-corrected chi connectivity index (χ1v) is 5.29. The summed E-state index contributed by atoms with van der Waals surface area (Å²) in [6.45, 7) is 0. The minimum Gasteiger partial charge on any atom is -0.302 e. The van der Waals surface area contributed by atoms with Crippen LogP contribution in [-0.4, -0.2) is 16.9 Å². The summed E-state index contributed by atoms with van der Waals surface area (Å²) in [4.78, 5) is 24.0. The van der Waals surface area contributed by atoms with Gasteiger partial charge in [-0.2, -0.15) is 0 Å². The SMILES string of the molecule is O=C1CC(=O)N(c2ccc(Cl)cc2)C(=S)N1. The Kier molecular flexibility index (Phi) is 2.89. The summed E-state index contributed by atoms with van der Waals surface area (Å²) in [5.41, 5.74) is 0.597. The molecule has 0 bridgehead atoms. The first-order chi connectivity index (χ1) is 7.58. The van der Waals surface area contributed by atoms with Crippen LogP contribution in [0.5, 0.6) is 0 Å². The molecule has 1 saturated heterocycles. The molecule has 1 aromatic rings. The van der Waals surface area contributed by atoms with Crippen molar-refractivity contribution in [1.29, 1.82) is 0 Å². The van der Waals surface area contributed by atoms with Crippen molar-refractivity contribution in [3.8, 4) is 0 Å². The van der Waals surface area contributed by atoms with Gasteiger partial charge in [0.1, 0.15) is 6.42 Å². The Morgan fingerprint density at radius 3 is 2.44 bits per heavy atom. The van der Waals surface area contributed by atoms with E-state index in [0.29, 0.717) is 10.7 Å². The molecule has 0 saturated carbocycles. The van der Waals surface area contributed by atoms with Gasteiger partial charge in [0.15, 0.2) is 5.11 Å². The number of anilines is 1. The molecule has 16 heavy (non-hydrogen) atoms. The van der Waals surface area contributed by atoms with Crippen molar-refractivity contribution >= 4 is 46.4 Å². The maximum atomic E-state index is 11.6. The molecule has 1 N–H and O–H groups in total. The number of hydrogen-bond donors (Lipinski definition) is 1. The van der Waals surface area contributed by atoms with Crippen LogP contribution in [0, 0.1) is 0 Å². The van der Waals surface area contributed by atoms with Crippen molar-refractivity contribution in [2.45, 2.75) is 6.42 Å². The Hall–Kier alpha value is -1.46. The number of nitrogens with zero attached hydrogens (tertiary/aromatic N) is 1. The predicted octanol–water partition coefficient (Wildman–Crippen LogP) is 1.48. The highest BCUT2D eigenvalue weighted by Gasteiger charge is 2.28. The van der Waals surface area contributed by atoms with E-state index in [-0.39, 0.29) is 23.3 Å². The molecule has 0 spiro atoms. The normalized spacial score (nSPS) is 16.3. The van der Waals surface area contributed by atoms with Gasteiger partial charge in [0.25, 0.3) is 0 Å². The van der Waals surface area contributed by atoms with Gasteiger partial charge in [0, 0.05) is 5.02 Å². The van der Waals surface area contributed by atoms with Crippen LogP contribution in [0.15, 0.2) is 24.3 Å². The fourth-order valence-corrected chi connectivity index (χ4v) is 1.85. The topological polar surface area (TPSA) is 49.4 Å². The Morgan fingerprint density at radius 1 is 1.25 bits per heavy atom. The zero-order chi connectivity index (χ0) is 11.7. The van der Waals surface area contributed by atoms with E-state index < -0.39 is 0 Å². The summed E-state index contributed by atoms with van der Waals surface area (Å²) in [5.74, 6) is -0.712. The number of carbonyl (C=O) groups excluding carboxylic acids is 2. The van der Waals surface area contributed by atoms with E-state index in [1.807, 2.05) is 0 Å². The van der Waals surface area contributed by atoms with E-state index in [1.54, 1.807) is 24.3 Å². The third kappa shape index (κ3) is 2.05. The molecule has 1 aliphatic heterocycles. The molecule has 6 heteroatoms. The van der Waals surface area contributed by atoms with Crippen LogP contribution in [0.25, 0.3) is 0 Å². The van der Waals surface area contributed by atoms with Gasteiger partial charge in [0.05, 0.1) is 5.69 Å². The van der Waals surface area contributed by atoms with Crippen molar-refractivity contribution in [2.75, 3.05) is 4.90 Å². The highest BCUT2D eigenvalue weighted by molar-refractivity contribution is 7.80. The maximum absolute atomic E-state index is 11.6. The number of carbonyl (C=O) groups is 2. The molecule has 2 rings (SSSR count). The molecule has 0 aromatic heterocycles. The van der Waals surface area contributed by atoms with Crippen molar-refractivity contribution in [3.63, 3.8) is 0 Å². The zero-order valence-corrected chi connectivity index (χ0v) is 9.64. The molecule has 2 amide bonds. The smallest absolute Gasteiger partial charge is 0.242 e. The van der Waals surface area contributed by atoms with Gasteiger partial charge < -0.3 is 5.32 Å². The minimum absolute atomic E-state index is 0.101. The van der Waals surface area contributed by atoms with Crippen LogP contribution in [-0.2, 0) is 9.59 Å². The van der Waals surface area contributed by atoms with Crippen molar-refractivity contribution in [3.05, 3.63) is 29.3 Å². The Labute approximate surface area is 102 Å². The number of benzene rings is 1. The molecule has 0 aliphatic carbocycles. The van der Waals surface area contributed by atoms with Crippen LogP contribution < -0.4 is 10.2 Å². The molecule has 1 fully saturated rings. The third-order valence-corrected chi connectivity index (χ3v) is 2.63. The second-order valence-electron chi connectivity index (χ2n) is 3.24. The van der Waals surface area contributed by atoms with E-state index in [4.69, 9.17) is 23.8 Å². The highest BCUT2D eigenvalue weighted by atomic mass is 35.5. The predicted molar refractivity (Wildman–Crippen MR) is 64.3 cm³/mol. The summed E-state index contributed by atoms with van der Waals surface area (Å²) in [6, 6.07) is 6.65. The second kappa shape index (κ2) is 4.19. The summed E-state index contributed by atoms with van der Waals surface area (Å²) in [5, 5.41) is 3.11. The summed E-state index contributed by atoms with van der Waals surface area (Å²) in [7, 11) is 0. The van der Waals surface area contributed by atoms with Crippen LogP contribution in [0.3, 0.4) is 0 Å². The monoisotopic (exact) mass is 254 g/mol. The molecule has 1 aliphatic rings. The van der Waals surface area contributed by atoms with Gasteiger partial charge in [-0.1, -0.05) is 11.6 Å². The second-order valence-corrected chi connectivity index (χ2v) is 4.06. The van der Waals surface area contributed by atoms with Gasteiger partial charge in [-0.15, -0.1) is 0 Å². The lowest BCUT2D eigenvalue weighted by Crippen LogP contribution is -2.52. The van der Waals surface area contributed by atoms with Gasteiger partial charge in [0.2, 0.25) is 11.8 Å². The van der Waals surface area contributed by atoms with Gasteiger partial charge >= 0.3 is 0 Å². The molecule has 82 valence electrons. The lowest BCUT2D eigenvalue weighted by atomic mass is 10.2. The standard InChI is InChI=1S/C10H7ClN2O2S/c11-6-1-3-7(4-2-6)13-9(15)5-8(14)12-10(13)16/h1-4H,5H2,(H,12,14,16). The molecule has 4 nitrogen and oxygen atoms in total. The van der Waals surface area contributed by atoms with E-state index >= 15 is 0 Å². The average molecular weight is 255 g/mol. The van der Waals surface area contributed by atoms with Crippen LogP contribution in [0.4, 0.5) is 5.69 Å². The largest absolute Gasteiger partial charge is 0.302 e. The fraction of sp³-hybridized carbons (Fsp3) is 0.100. The number of halogens is 1. The summed E-state index contributed by atoms with van der Waals surface area (Å²) >= 11 is 10.7. The maximum Gasteiger partial charge on any atom is 0.242 e. The fourth-order valence-electron chi connectivity index (χ4n) is 1.40. The van der Waals surface area contributed by atoms with Gasteiger partial charge in [-0.05, 0) is 36.5 Å². The number of nitrogens with one attached hydrogen (secondary N) is 1. The summed E-state index contributed by atoms with van der Waals surface area (Å²) < 4.78 is 0. The molecule has 0 unspecified atom stereocenters. The van der Waals surface area contributed by atoms with Crippen LogP contribution >= 0.6 is 23.8 Å². The van der Waals surface area contributed by atoms with E-state index in [2.05, 4.69) is 5.32 Å². The van der Waals surface area contributed by atoms with E-state index in [0.717, 1.165) is 0 Å². The van der Waals surface area contributed by atoms with Crippen molar-refractivity contribution in [2.24, 2.45) is 0 Å². The molecule has 0 atom stereocenters. The average Bonchev–Trinajstić information content (AvgIpc) is 2.19. The number of amides is 2. The van der Waals surface area contributed by atoms with E-state index in [1.165, 1.54) is 4.90 Å². The first kappa shape index (κ1) is 11.0. The lowest BCUT2D eigenvalue weighted by molar-refractivity contribution is -0.127. The van der Waals surface area contributed by atoms with Crippen molar-refractivity contribution < 1.29 is 9.59 Å². The first-order valence-electron chi connectivity index (χ1n) is 4.50. The Balaban J connectivity index is 2.32. The quantitative estimate of drug-likeness (QED) is 0.610. The minimum atomic E-state index is -0.375. The van der Waals surface area contributed by atoms with Gasteiger partial charge in [-0.25, -0.2) is 0 Å². The molecule has 1 heterocycles. The Bertz CT molecular complexity index is 452. The zero-order valence-electron chi connectivity index (χ0n) is 8.07. The number of thiocarbonyl (C=S) groups is 1. The highest BCUT2D eigenvalue weighted by Crippen LogP contribution is 2.20. The van der Waals surface area contributed by atoms with Crippen LogP contribution in [0.2, 0.25) is 5.02 Å². The van der Waals surface area contributed by atoms with E-state index in [9.17, 15) is 9.59 Å². The third-order valence-electron chi connectivity index (χ3n) is 2.10. The molecular formula is C10H7ClN2O2S. The number of rotatable bonds is 1. The summed E-state index contributed by atoms with van der Waals surface area (Å²) in [6.07, 6.45) is -0.192. The molecular weight excluding hydrogens is 248 g/mol.